The minimum atomic E-state index is -0.0602. The molecular weight excluding hydrogens is 210 g/mol. The summed E-state index contributed by atoms with van der Waals surface area (Å²) in [4.78, 5) is 13.9. The summed E-state index contributed by atoms with van der Waals surface area (Å²) < 4.78 is 0. The van der Waals surface area contributed by atoms with E-state index in [9.17, 15) is 4.79 Å². The second-order valence-corrected chi connectivity index (χ2v) is 5.72. The lowest BCUT2D eigenvalue weighted by molar-refractivity contribution is -0.121. The van der Waals surface area contributed by atoms with Gasteiger partial charge >= 0.3 is 0 Å². The lowest BCUT2D eigenvalue weighted by Gasteiger charge is -2.44. The standard InChI is InChI=1S/C15H21NO/c1-11-5-6-14(12(2)9-11)16-8-7-13(17)10-15(16,3)4/h5-6,9H,7-8,10H2,1-4H3. The molecule has 1 aromatic rings. The van der Waals surface area contributed by atoms with Crippen molar-refractivity contribution in [3.8, 4) is 0 Å². The Morgan fingerprint density at radius 2 is 1.94 bits per heavy atom. The number of hydrogen-bond donors (Lipinski definition) is 0. The fraction of sp³-hybridized carbons (Fsp3) is 0.533. The first-order chi connectivity index (χ1) is 7.90. The average molecular weight is 231 g/mol. The molecule has 0 bridgehead atoms. The van der Waals surface area contributed by atoms with Gasteiger partial charge in [0.15, 0.2) is 0 Å². The van der Waals surface area contributed by atoms with Crippen molar-refractivity contribution in [2.45, 2.75) is 46.1 Å². The molecule has 1 aliphatic heterocycles. The highest BCUT2D eigenvalue weighted by Gasteiger charge is 2.34. The number of ketones is 1. The largest absolute Gasteiger partial charge is 0.365 e. The molecule has 0 amide bonds. The van der Waals surface area contributed by atoms with Crippen molar-refractivity contribution in [3.63, 3.8) is 0 Å². The summed E-state index contributed by atoms with van der Waals surface area (Å²) in [6.45, 7) is 9.42. The molecule has 1 heterocycles. The van der Waals surface area contributed by atoms with Crippen molar-refractivity contribution in [1.29, 1.82) is 0 Å². The van der Waals surface area contributed by atoms with Crippen LogP contribution in [-0.4, -0.2) is 17.9 Å². The molecule has 2 nitrogen and oxygen atoms in total. The molecule has 0 aliphatic carbocycles. The van der Waals surface area contributed by atoms with Gasteiger partial charge in [-0.1, -0.05) is 17.7 Å². The maximum atomic E-state index is 11.6. The third-order valence-electron chi connectivity index (χ3n) is 3.62. The number of rotatable bonds is 1. The van der Waals surface area contributed by atoms with Crippen LogP contribution in [0.2, 0.25) is 0 Å². The molecule has 92 valence electrons. The topological polar surface area (TPSA) is 20.3 Å². The number of aryl methyl sites for hydroxylation is 2. The molecule has 1 fully saturated rings. The third kappa shape index (κ3) is 2.36. The quantitative estimate of drug-likeness (QED) is 0.739. The number of carbonyl (C=O) groups is 1. The molecular formula is C15H21NO. The lowest BCUT2D eigenvalue weighted by Crippen LogP contribution is -2.50. The van der Waals surface area contributed by atoms with Crippen molar-refractivity contribution in [1.82, 2.24) is 0 Å². The Morgan fingerprint density at radius 1 is 1.24 bits per heavy atom. The van der Waals surface area contributed by atoms with Crippen LogP contribution in [0.4, 0.5) is 5.69 Å². The molecule has 2 rings (SSSR count). The van der Waals surface area contributed by atoms with Crippen molar-refractivity contribution < 1.29 is 4.79 Å². The lowest BCUT2D eigenvalue weighted by atomic mass is 9.88. The van der Waals surface area contributed by atoms with E-state index in [1.54, 1.807) is 0 Å². The smallest absolute Gasteiger partial charge is 0.136 e. The molecule has 0 N–H and O–H groups in total. The predicted molar refractivity (Wildman–Crippen MR) is 71.6 cm³/mol. The van der Waals surface area contributed by atoms with E-state index in [-0.39, 0.29) is 5.54 Å². The monoisotopic (exact) mass is 231 g/mol. The van der Waals surface area contributed by atoms with Gasteiger partial charge in [-0.15, -0.1) is 0 Å². The van der Waals surface area contributed by atoms with Gasteiger partial charge in [-0.25, -0.2) is 0 Å². The molecule has 0 radical (unpaired) electrons. The van der Waals surface area contributed by atoms with Gasteiger partial charge in [0.25, 0.3) is 0 Å². The number of piperidine rings is 1. The van der Waals surface area contributed by atoms with Crippen molar-refractivity contribution >= 4 is 11.5 Å². The molecule has 17 heavy (non-hydrogen) atoms. The summed E-state index contributed by atoms with van der Waals surface area (Å²) in [5.41, 5.74) is 3.80. The van der Waals surface area contributed by atoms with Gasteiger partial charge < -0.3 is 4.90 Å². The molecule has 0 unspecified atom stereocenters. The average Bonchev–Trinajstić information content (AvgIpc) is 2.18. The van der Waals surface area contributed by atoms with Crippen LogP contribution in [0.1, 0.15) is 37.8 Å². The number of nitrogens with zero attached hydrogens (tertiary/aromatic N) is 1. The zero-order valence-corrected chi connectivity index (χ0v) is 11.2. The maximum absolute atomic E-state index is 11.6. The summed E-state index contributed by atoms with van der Waals surface area (Å²) in [5.74, 6) is 0.385. The van der Waals surface area contributed by atoms with Gasteiger partial charge in [0.2, 0.25) is 0 Å². The highest BCUT2D eigenvalue weighted by molar-refractivity contribution is 5.82. The highest BCUT2D eigenvalue weighted by atomic mass is 16.1. The number of Topliss-reactive ketones (excluding diaryl/α,β-unsaturated/α-hetero) is 1. The van der Waals surface area contributed by atoms with Crippen molar-refractivity contribution in [3.05, 3.63) is 29.3 Å². The fourth-order valence-corrected chi connectivity index (χ4v) is 2.76. The summed E-state index contributed by atoms with van der Waals surface area (Å²) in [6.07, 6.45) is 1.33. The zero-order valence-electron chi connectivity index (χ0n) is 11.2. The van der Waals surface area contributed by atoms with Gasteiger partial charge in [-0.2, -0.15) is 0 Å². The maximum Gasteiger partial charge on any atom is 0.136 e. The van der Waals surface area contributed by atoms with Gasteiger partial charge in [0.05, 0.1) is 0 Å². The fourth-order valence-electron chi connectivity index (χ4n) is 2.76. The zero-order chi connectivity index (χ0) is 12.6. The summed E-state index contributed by atoms with van der Waals surface area (Å²) in [7, 11) is 0. The van der Waals surface area contributed by atoms with Crippen LogP contribution in [0, 0.1) is 13.8 Å². The highest BCUT2D eigenvalue weighted by Crippen LogP contribution is 2.33. The van der Waals surface area contributed by atoms with E-state index in [1.807, 2.05) is 0 Å². The van der Waals surface area contributed by atoms with Crippen molar-refractivity contribution in [2.75, 3.05) is 11.4 Å². The van der Waals surface area contributed by atoms with E-state index in [1.165, 1.54) is 16.8 Å². The van der Waals surface area contributed by atoms with Crippen LogP contribution in [0.15, 0.2) is 18.2 Å². The summed E-state index contributed by atoms with van der Waals surface area (Å²) >= 11 is 0. The van der Waals surface area contributed by atoms with Crippen LogP contribution in [-0.2, 0) is 4.79 Å². The summed E-state index contributed by atoms with van der Waals surface area (Å²) in [5, 5.41) is 0. The van der Waals surface area contributed by atoms with E-state index in [0.29, 0.717) is 18.6 Å². The van der Waals surface area contributed by atoms with E-state index < -0.39 is 0 Å². The number of anilines is 1. The van der Waals surface area contributed by atoms with E-state index in [2.05, 4.69) is 50.8 Å². The molecule has 0 aromatic heterocycles. The predicted octanol–water partition coefficient (Wildman–Crippen LogP) is 3.25. The van der Waals surface area contributed by atoms with Gasteiger partial charge in [0.1, 0.15) is 5.78 Å². The van der Waals surface area contributed by atoms with E-state index in [4.69, 9.17) is 0 Å². The molecule has 0 saturated carbocycles. The molecule has 0 spiro atoms. The molecule has 2 heteroatoms. The van der Waals surface area contributed by atoms with Crippen LogP contribution >= 0.6 is 0 Å². The minimum absolute atomic E-state index is 0.0602. The first-order valence-electron chi connectivity index (χ1n) is 6.27. The second kappa shape index (κ2) is 4.17. The van der Waals surface area contributed by atoms with Gasteiger partial charge in [-0.05, 0) is 39.3 Å². The first kappa shape index (κ1) is 12.2. The molecule has 0 atom stereocenters. The molecule has 1 aromatic carbocycles. The normalized spacial score (nSPS) is 19.5. The Bertz CT molecular complexity index is 448. The Hall–Kier alpha value is -1.31. The molecule has 1 saturated heterocycles. The third-order valence-corrected chi connectivity index (χ3v) is 3.62. The number of hydrogen-bond acceptors (Lipinski definition) is 2. The van der Waals surface area contributed by atoms with Crippen LogP contribution in [0.5, 0.6) is 0 Å². The van der Waals surface area contributed by atoms with Crippen LogP contribution < -0.4 is 4.90 Å². The van der Waals surface area contributed by atoms with Gasteiger partial charge in [-0.3, -0.25) is 4.79 Å². The number of benzene rings is 1. The van der Waals surface area contributed by atoms with E-state index >= 15 is 0 Å². The van der Waals surface area contributed by atoms with Gasteiger partial charge in [0, 0.05) is 30.6 Å². The summed E-state index contributed by atoms with van der Waals surface area (Å²) in [6, 6.07) is 6.54. The van der Waals surface area contributed by atoms with Crippen LogP contribution in [0.25, 0.3) is 0 Å². The Balaban J connectivity index is 2.36. The Morgan fingerprint density at radius 3 is 2.53 bits per heavy atom. The Kier molecular flexibility index (Phi) is 2.98. The van der Waals surface area contributed by atoms with E-state index in [0.717, 1.165) is 6.54 Å². The first-order valence-corrected chi connectivity index (χ1v) is 6.27. The SMILES string of the molecule is Cc1ccc(N2CCC(=O)CC2(C)C)c(C)c1. The number of carbonyl (C=O) groups excluding carboxylic acids is 1. The van der Waals surface area contributed by atoms with Crippen molar-refractivity contribution in [2.24, 2.45) is 0 Å². The Labute approximate surface area is 104 Å². The minimum Gasteiger partial charge on any atom is -0.365 e. The second-order valence-electron chi connectivity index (χ2n) is 5.72. The molecule has 1 aliphatic rings. The van der Waals surface area contributed by atoms with Crippen LogP contribution in [0.3, 0.4) is 0 Å².